The quantitative estimate of drug-likeness (QED) is 0.787. The first-order valence-electron chi connectivity index (χ1n) is 5.97. The molecule has 1 aromatic rings. The lowest BCUT2D eigenvalue weighted by Gasteiger charge is -2.21. The van der Waals surface area contributed by atoms with Crippen LogP contribution in [0.25, 0.3) is 0 Å². The van der Waals surface area contributed by atoms with Gasteiger partial charge in [-0.1, -0.05) is 44.2 Å². The third kappa shape index (κ3) is 4.18. The summed E-state index contributed by atoms with van der Waals surface area (Å²) in [6.45, 7) is 4.78. The van der Waals surface area contributed by atoms with Crippen molar-refractivity contribution in [2.24, 2.45) is 5.92 Å². The molecule has 1 aromatic carbocycles. The van der Waals surface area contributed by atoms with Crippen molar-refractivity contribution < 1.29 is 5.11 Å². The smallest absolute Gasteiger partial charge is 0.0837 e. The Labute approximate surface area is 103 Å². The standard InChI is InChI=1S/C14H20N2O/c1-11(2)14(10-17)16-9-13(8-15)12-6-4-3-5-7-12/h3-7,11,13-14,16-17H,9-10H2,1-2H3/t13?,14-/m1/s1. The molecular formula is C14H20N2O. The second-order valence-electron chi connectivity index (χ2n) is 4.53. The maximum absolute atomic E-state index is 9.21. The maximum Gasteiger partial charge on any atom is 0.0837 e. The Morgan fingerprint density at radius 1 is 1.29 bits per heavy atom. The molecule has 0 aromatic heterocycles. The molecule has 0 fully saturated rings. The first-order chi connectivity index (χ1) is 8.19. The SMILES string of the molecule is CC(C)[C@@H](CO)NCC(C#N)c1ccccc1. The third-order valence-electron chi connectivity index (χ3n) is 2.94. The predicted octanol–water partition coefficient (Wildman–Crippen LogP) is 1.90. The zero-order valence-electron chi connectivity index (χ0n) is 10.4. The van der Waals surface area contributed by atoms with Gasteiger partial charge in [0, 0.05) is 12.6 Å². The second-order valence-corrected chi connectivity index (χ2v) is 4.53. The summed E-state index contributed by atoms with van der Waals surface area (Å²) in [5.74, 6) is 0.194. The number of aliphatic hydroxyl groups excluding tert-OH is 1. The molecule has 0 saturated heterocycles. The monoisotopic (exact) mass is 232 g/mol. The Kier molecular flexibility index (Phi) is 5.68. The van der Waals surface area contributed by atoms with Crippen LogP contribution in [0, 0.1) is 17.2 Å². The predicted molar refractivity (Wildman–Crippen MR) is 68.5 cm³/mol. The molecule has 92 valence electrons. The van der Waals surface area contributed by atoms with Crippen LogP contribution in [0.5, 0.6) is 0 Å². The molecule has 0 heterocycles. The summed E-state index contributed by atoms with van der Waals surface area (Å²) in [4.78, 5) is 0. The Balaban J connectivity index is 2.57. The molecule has 1 unspecified atom stereocenters. The van der Waals surface area contributed by atoms with E-state index in [2.05, 4.69) is 25.2 Å². The molecule has 0 aliphatic rings. The van der Waals surface area contributed by atoms with E-state index in [9.17, 15) is 5.11 Å². The Morgan fingerprint density at radius 2 is 1.94 bits per heavy atom. The molecule has 0 aliphatic heterocycles. The zero-order chi connectivity index (χ0) is 12.7. The van der Waals surface area contributed by atoms with Gasteiger partial charge in [0.05, 0.1) is 18.6 Å². The zero-order valence-corrected chi connectivity index (χ0v) is 10.4. The van der Waals surface area contributed by atoms with Crippen LogP contribution in [0.1, 0.15) is 25.3 Å². The summed E-state index contributed by atoms with van der Waals surface area (Å²) in [6.07, 6.45) is 0. The molecule has 2 N–H and O–H groups in total. The minimum absolute atomic E-state index is 0.0505. The fraction of sp³-hybridized carbons (Fsp3) is 0.500. The largest absolute Gasteiger partial charge is 0.395 e. The number of benzene rings is 1. The van der Waals surface area contributed by atoms with Crippen LogP contribution in [0.2, 0.25) is 0 Å². The Hall–Kier alpha value is -1.37. The van der Waals surface area contributed by atoms with Crippen LogP contribution in [0.15, 0.2) is 30.3 Å². The summed E-state index contributed by atoms with van der Waals surface area (Å²) in [7, 11) is 0. The third-order valence-corrected chi connectivity index (χ3v) is 2.94. The van der Waals surface area contributed by atoms with Crippen LogP contribution >= 0.6 is 0 Å². The summed E-state index contributed by atoms with van der Waals surface area (Å²) < 4.78 is 0. The first kappa shape index (κ1) is 13.7. The van der Waals surface area contributed by atoms with Crippen LogP contribution in [0.3, 0.4) is 0 Å². The van der Waals surface area contributed by atoms with Crippen molar-refractivity contribution in [3.05, 3.63) is 35.9 Å². The minimum atomic E-state index is -0.163. The molecule has 17 heavy (non-hydrogen) atoms. The molecule has 3 nitrogen and oxygen atoms in total. The molecule has 3 heteroatoms. The van der Waals surface area contributed by atoms with Crippen molar-refractivity contribution >= 4 is 0 Å². The number of hydrogen-bond donors (Lipinski definition) is 2. The van der Waals surface area contributed by atoms with E-state index in [1.54, 1.807) is 0 Å². The van der Waals surface area contributed by atoms with Gasteiger partial charge in [-0.2, -0.15) is 5.26 Å². The molecule has 0 spiro atoms. The van der Waals surface area contributed by atoms with Crippen LogP contribution in [0.4, 0.5) is 0 Å². The molecule has 0 aliphatic carbocycles. The molecule has 1 rings (SSSR count). The Bertz CT molecular complexity index is 356. The Morgan fingerprint density at radius 3 is 2.41 bits per heavy atom. The second kappa shape index (κ2) is 7.05. The van der Waals surface area contributed by atoms with Gasteiger partial charge in [0.25, 0.3) is 0 Å². The summed E-state index contributed by atoms with van der Waals surface area (Å²) in [6, 6.07) is 12.1. The van der Waals surface area contributed by atoms with Crippen molar-refractivity contribution in [1.82, 2.24) is 5.32 Å². The van der Waals surface area contributed by atoms with Crippen LogP contribution in [-0.2, 0) is 0 Å². The lowest BCUT2D eigenvalue weighted by Crippen LogP contribution is -2.39. The van der Waals surface area contributed by atoms with Gasteiger partial charge in [-0.3, -0.25) is 0 Å². The van der Waals surface area contributed by atoms with Gasteiger partial charge >= 0.3 is 0 Å². The van der Waals surface area contributed by atoms with Gasteiger partial charge in [0.1, 0.15) is 0 Å². The highest BCUT2D eigenvalue weighted by Gasteiger charge is 2.15. The van der Waals surface area contributed by atoms with E-state index < -0.39 is 0 Å². The van der Waals surface area contributed by atoms with E-state index in [0.717, 1.165) is 5.56 Å². The number of nitrogens with one attached hydrogen (secondary N) is 1. The molecule has 2 atom stereocenters. The number of nitrogens with zero attached hydrogens (tertiary/aromatic N) is 1. The lowest BCUT2D eigenvalue weighted by atomic mass is 9.99. The number of hydrogen-bond acceptors (Lipinski definition) is 3. The van der Waals surface area contributed by atoms with Gasteiger partial charge < -0.3 is 10.4 Å². The topological polar surface area (TPSA) is 56.0 Å². The minimum Gasteiger partial charge on any atom is -0.395 e. The van der Waals surface area contributed by atoms with Crippen LogP contribution < -0.4 is 5.32 Å². The number of nitriles is 1. The van der Waals surface area contributed by atoms with Crippen LogP contribution in [-0.4, -0.2) is 24.3 Å². The van der Waals surface area contributed by atoms with E-state index in [4.69, 9.17) is 5.26 Å². The summed E-state index contributed by atoms with van der Waals surface area (Å²) >= 11 is 0. The van der Waals surface area contributed by atoms with Crippen molar-refractivity contribution in [3.8, 4) is 6.07 Å². The number of rotatable bonds is 6. The molecule has 0 amide bonds. The fourth-order valence-electron chi connectivity index (χ4n) is 1.70. The van der Waals surface area contributed by atoms with Crippen molar-refractivity contribution in [1.29, 1.82) is 5.26 Å². The molecule has 0 saturated carbocycles. The van der Waals surface area contributed by atoms with Gasteiger partial charge in [-0.25, -0.2) is 0 Å². The van der Waals surface area contributed by atoms with Crippen molar-refractivity contribution in [2.75, 3.05) is 13.2 Å². The highest BCUT2D eigenvalue weighted by molar-refractivity contribution is 5.25. The van der Waals surface area contributed by atoms with Gasteiger partial charge in [-0.15, -0.1) is 0 Å². The first-order valence-corrected chi connectivity index (χ1v) is 5.97. The normalized spacial score (nSPS) is 14.3. The van der Waals surface area contributed by atoms with Crippen molar-refractivity contribution in [3.63, 3.8) is 0 Å². The maximum atomic E-state index is 9.21. The van der Waals surface area contributed by atoms with E-state index in [0.29, 0.717) is 12.5 Å². The molecular weight excluding hydrogens is 212 g/mol. The van der Waals surface area contributed by atoms with E-state index in [-0.39, 0.29) is 18.6 Å². The molecule has 0 bridgehead atoms. The van der Waals surface area contributed by atoms with E-state index in [1.165, 1.54) is 0 Å². The summed E-state index contributed by atoms with van der Waals surface area (Å²) in [5, 5.41) is 21.6. The lowest BCUT2D eigenvalue weighted by molar-refractivity contribution is 0.211. The van der Waals surface area contributed by atoms with E-state index in [1.807, 2.05) is 30.3 Å². The van der Waals surface area contributed by atoms with Gasteiger partial charge in [0.2, 0.25) is 0 Å². The number of aliphatic hydroxyl groups is 1. The average molecular weight is 232 g/mol. The van der Waals surface area contributed by atoms with Crippen molar-refractivity contribution in [2.45, 2.75) is 25.8 Å². The molecule has 0 radical (unpaired) electrons. The average Bonchev–Trinajstić information content (AvgIpc) is 2.35. The van der Waals surface area contributed by atoms with Gasteiger partial charge in [0.15, 0.2) is 0 Å². The van der Waals surface area contributed by atoms with Gasteiger partial charge in [-0.05, 0) is 11.5 Å². The highest BCUT2D eigenvalue weighted by atomic mass is 16.3. The fourth-order valence-corrected chi connectivity index (χ4v) is 1.70. The highest BCUT2D eigenvalue weighted by Crippen LogP contribution is 2.14. The van der Waals surface area contributed by atoms with E-state index >= 15 is 0 Å². The summed E-state index contributed by atoms with van der Waals surface area (Å²) in [5.41, 5.74) is 1.02.